The van der Waals surface area contributed by atoms with Crippen LogP contribution in [0.5, 0.6) is 46.0 Å². The molecule has 4 aliphatic heterocycles. The zero-order valence-corrected chi connectivity index (χ0v) is 24.3. The van der Waals surface area contributed by atoms with Crippen LogP contribution in [-0.4, -0.2) is 38.6 Å². The molecule has 0 aliphatic carbocycles. The van der Waals surface area contributed by atoms with Crippen molar-refractivity contribution in [2.24, 2.45) is 5.73 Å². The smallest absolute Gasteiger partial charge is 0.231 e. The summed E-state index contributed by atoms with van der Waals surface area (Å²) in [6, 6.07) is 22.1. The molecule has 3 N–H and O–H groups in total. The molecule has 4 heterocycles. The minimum absolute atomic E-state index is 0.00741. The van der Waals surface area contributed by atoms with Crippen LogP contribution in [0.25, 0.3) is 0 Å². The van der Waals surface area contributed by atoms with E-state index in [9.17, 15) is 4.79 Å². The van der Waals surface area contributed by atoms with E-state index in [1.54, 1.807) is 18.2 Å². The highest BCUT2D eigenvalue weighted by Crippen LogP contribution is 2.37. The zero-order chi connectivity index (χ0) is 30.7. The first kappa shape index (κ1) is 30.6. The molecule has 0 aromatic heterocycles. The van der Waals surface area contributed by atoms with Gasteiger partial charge in [-0.15, -0.1) is 11.6 Å². The van der Waals surface area contributed by atoms with E-state index in [0.717, 1.165) is 51.7 Å². The number of carbonyl (C=O) groups excluding carboxylic acids is 1. The Morgan fingerprint density at radius 1 is 0.591 bits per heavy atom. The normalized spacial score (nSPS) is 13.4. The van der Waals surface area contributed by atoms with Crippen LogP contribution in [0.2, 0.25) is 0 Å². The summed E-state index contributed by atoms with van der Waals surface area (Å²) in [4.78, 5) is 10.4. The molecule has 0 spiro atoms. The van der Waals surface area contributed by atoms with Crippen LogP contribution in [0.3, 0.4) is 0 Å². The topological polar surface area (TPSA) is 137 Å². The summed E-state index contributed by atoms with van der Waals surface area (Å²) in [7, 11) is 0. The predicted molar refractivity (Wildman–Crippen MR) is 159 cm³/mol. The number of hydrogen-bond acceptors (Lipinski definition) is 11. The van der Waals surface area contributed by atoms with Crippen LogP contribution in [-0.2, 0) is 19.0 Å². The molecule has 0 fully saturated rings. The minimum Gasteiger partial charge on any atom is -0.454 e. The Labute approximate surface area is 258 Å². The van der Waals surface area contributed by atoms with Gasteiger partial charge in [-0.05, 0) is 30.3 Å². The molecule has 0 saturated heterocycles. The Morgan fingerprint density at radius 3 is 1.48 bits per heavy atom. The Balaban J connectivity index is 0.000000116. The molecule has 11 nitrogen and oxygen atoms in total. The van der Waals surface area contributed by atoms with Crippen molar-refractivity contribution < 1.29 is 47.8 Å². The van der Waals surface area contributed by atoms with E-state index in [1.165, 1.54) is 0 Å². The van der Waals surface area contributed by atoms with Crippen molar-refractivity contribution in [3.8, 4) is 46.0 Å². The van der Waals surface area contributed by atoms with Crippen molar-refractivity contribution in [1.29, 1.82) is 0 Å². The fraction of sp³-hybridized carbons (Fsp3) is 0.219. The molecule has 0 saturated carbocycles. The second-order valence-corrected chi connectivity index (χ2v) is 9.41. The van der Waals surface area contributed by atoms with E-state index >= 15 is 0 Å². The van der Waals surface area contributed by atoms with Gasteiger partial charge >= 0.3 is 0 Å². The molecule has 0 atom stereocenters. The van der Waals surface area contributed by atoms with Gasteiger partial charge in [-0.2, -0.15) is 0 Å². The summed E-state index contributed by atoms with van der Waals surface area (Å²) in [5.74, 6) is 6.25. The number of carbonyl (C=O) groups is 1. The summed E-state index contributed by atoms with van der Waals surface area (Å²) in [6.07, 6.45) is 0.757. The molecule has 0 bridgehead atoms. The van der Waals surface area contributed by atoms with Crippen LogP contribution in [0.15, 0.2) is 72.8 Å². The summed E-state index contributed by atoms with van der Waals surface area (Å²) in [5, 5.41) is 8.87. The zero-order valence-electron chi connectivity index (χ0n) is 23.5. The quantitative estimate of drug-likeness (QED) is 0.230. The van der Waals surface area contributed by atoms with Gasteiger partial charge < -0.3 is 48.7 Å². The summed E-state index contributed by atoms with van der Waals surface area (Å²) in [6.45, 7) is 1.57. The maximum Gasteiger partial charge on any atom is 0.231 e. The minimum atomic E-state index is -0.00741. The van der Waals surface area contributed by atoms with Crippen LogP contribution in [0.4, 0.5) is 0 Å². The third kappa shape index (κ3) is 7.03. The fourth-order valence-electron chi connectivity index (χ4n) is 4.41. The van der Waals surface area contributed by atoms with E-state index in [-0.39, 0.29) is 20.2 Å². The van der Waals surface area contributed by atoms with Gasteiger partial charge in [0.15, 0.2) is 52.3 Å². The van der Waals surface area contributed by atoms with Crippen LogP contribution in [0.1, 0.15) is 27.0 Å². The highest BCUT2D eigenvalue weighted by molar-refractivity contribution is 6.17. The lowest BCUT2D eigenvalue weighted by atomic mass is 10.2. The van der Waals surface area contributed by atoms with Gasteiger partial charge in [-0.25, -0.2) is 0 Å². The number of aliphatic hydroxyl groups is 1. The fourth-order valence-corrected chi connectivity index (χ4v) is 4.62. The Morgan fingerprint density at radius 2 is 1.00 bits per heavy atom. The van der Waals surface area contributed by atoms with E-state index in [1.807, 2.05) is 54.6 Å². The number of rotatable bonds is 4. The molecule has 12 heteroatoms. The first-order valence-electron chi connectivity index (χ1n) is 13.5. The second kappa shape index (κ2) is 15.1. The van der Waals surface area contributed by atoms with Gasteiger partial charge in [0.05, 0.1) is 18.1 Å². The molecule has 4 aliphatic rings. The average molecular weight is 624 g/mol. The number of ether oxygens (including phenoxy) is 8. The van der Waals surface area contributed by atoms with Crippen molar-refractivity contribution in [2.75, 3.05) is 27.2 Å². The van der Waals surface area contributed by atoms with E-state index in [0.29, 0.717) is 48.8 Å². The molecular formula is C32H30ClNO10. The van der Waals surface area contributed by atoms with Gasteiger partial charge in [0.2, 0.25) is 27.2 Å². The first-order chi connectivity index (χ1) is 21.7. The van der Waals surface area contributed by atoms with Gasteiger partial charge in [0.25, 0.3) is 0 Å². The number of hydrogen-bond donors (Lipinski definition) is 2. The number of alkyl halides is 1. The molecule has 230 valence electrons. The van der Waals surface area contributed by atoms with Crippen molar-refractivity contribution >= 4 is 17.9 Å². The summed E-state index contributed by atoms with van der Waals surface area (Å²) < 4.78 is 41.1. The number of aliphatic hydroxyl groups excluding tert-OH is 1. The van der Waals surface area contributed by atoms with E-state index in [2.05, 4.69) is 0 Å². The highest BCUT2D eigenvalue weighted by atomic mass is 35.5. The third-order valence-corrected chi connectivity index (χ3v) is 6.81. The lowest BCUT2D eigenvalue weighted by Crippen LogP contribution is -1.98. The van der Waals surface area contributed by atoms with Gasteiger partial charge in [-0.1, -0.05) is 42.5 Å². The van der Waals surface area contributed by atoms with Crippen LogP contribution in [0, 0.1) is 0 Å². The SMILES string of the molecule is ClCc1cccc2c1OCO2.NCc1cccc2c1OCO2.O=Cc1cccc2c1OCO2.OCc1cccc2c1OCO2. The van der Waals surface area contributed by atoms with Gasteiger partial charge in [0, 0.05) is 23.2 Å². The van der Waals surface area contributed by atoms with Gasteiger partial charge in [0.1, 0.15) is 0 Å². The summed E-state index contributed by atoms with van der Waals surface area (Å²) in [5.41, 5.74) is 8.79. The number of halogens is 1. The number of aldehydes is 1. The van der Waals surface area contributed by atoms with E-state index < -0.39 is 0 Å². The standard InChI is InChI=1S/C8H7ClO2.C8H9NO2.C8H8O3.C8H6O3/c4*9-4-6-2-1-3-7-8(6)11-5-10-7/h1-3H,4-5H2;1-3H,4-5,9H2;1-3,9H,4-5H2;1-4H,5H2. The number of fused-ring (bicyclic) bond motifs is 4. The molecule has 0 radical (unpaired) electrons. The average Bonchev–Trinajstić information content (AvgIpc) is 3.91. The maximum absolute atomic E-state index is 10.4. The maximum atomic E-state index is 10.4. The van der Waals surface area contributed by atoms with E-state index in [4.69, 9.17) is 60.3 Å². The Kier molecular flexibility index (Phi) is 10.5. The third-order valence-electron chi connectivity index (χ3n) is 6.52. The van der Waals surface area contributed by atoms with Crippen LogP contribution >= 0.6 is 11.6 Å². The van der Waals surface area contributed by atoms with Crippen LogP contribution < -0.4 is 43.6 Å². The number of para-hydroxylation sites is 4. The van der Waals surface area contributed by atoms with Crippen molar-refractivity contribution in [3.05, 3.63) is 95.1 Å². The highest BCUT2D eigenvalue weighted by Gasteiger charge is 2.18. The molecule has 44 heavy (non-hydrogen) atoms. The Bertz CT molecular complexity index is 1440. The molecule has 8 rings (SSSR count). The number of benzene rings is 4. The molecule has 4 aromatic rings. The van der Waals surface area contributed by atoms with Crippen molar-refractivity contribution in [1.82, 2.24) is 0 Å². The molecular weight excluding hydrogens is 594 g/mol. The lowest BCUT2D eigenvalue weighted by molar-refractivity contribution is 0.111. The second-order valence-electron chi connectivity index (χ2n) is 9.15. The number of nitrogens with two attached hydrogens (primary N) is 1. The van der Waals surface area contributed by atoms with Crippen molar-refractivity contribution in [2.45, 2.75) is 19.0 Å². The largest absolute Gasteiger partial charge is 0.454 e. The lowest BCUT2D eigenvalue weighted by Gasteiger charge is -2.00. The first-order valence-corrected chi connectivity index (χ1v) is 14.0. The Hall–Kier alpha value is -4.84. The molecule has 4 aromatic carbocycles. The molecule has 0 amide bonds. The molecule has 0 unspecified atom stereocenters. The monoisotopic (exact) mass is 623 g/mol. The van der Waals surface area contributed by atoms with Crippen molar-refractivity contribution in [3.63, 3.8) is 0 Å². The summed E-state index contributed by atoms with van der Waals surface area (Å²) >= 11 is 5.68. The van der Waals surface area contributed by atoms with Gasteiger partial charge in [-0.3, -0.25) is 4.79 Å². The predicted octanol–water partition coefficient (Wildman–Crippen LogP) is 5.16.